The average molecular weight is 280 g/mol. The van der Waals surface area contributed by atoms with Gasteiger partial charge in [-0.3, -0.25) is 0 Å². The second-order valence-electron chi connectivity index (χ2n) is 4.98. The van der Waals surface area contributed by atoms with Gasteiger partial charge in [0.1, 0.15) is 0 Å². The smallest absolute Gasteiger partial charge is 0.248 e. The van der Waals surface area contributed by atoms with E-state index in [2.05, 4.69) is 10.2 Å². The minimum absolute atomic E-state index is 0.488. The molecule has 106 valence electrons. The fraction of sp³-hybridized carbons (Fsp3) is 0.125. The highest BCUT2D eigenvalue weighted by molar-refractivity contribution is 5.62. The van der Waals surface area contributed by atoms with Crippen molar-refractivity contribution in [1.29, 1.82) is 0 Å². The van der Waals surface area contributed by atoms with E-state index < -0.39 is 0 Å². The van der Waals surface area contributed by atoms with Crippen LogP contribution in [0, 0.1) is 0 Å². The fourth-order valence-corrected chi connectivity index (χ4v) is 1.98. The second kappa shape index (κ2) is 5.28. The number of nitrogens with zero attached hydrogens (tertiary/aromatic N) is 3. The molecule has 2 N–H and O–H groups in total. The molecule has 5 nitrogen and oxygen atoms in total. The summed E-state index contributed by atoms with van der Waals surface area (Å²) in [7, 11) is 4.00. The average Bonchev–Trinajstić information content (AvgIpc) is 2.98. The Morgan fingerprint density at radius 2 is 1.29 bits per heavy atom. The quantitative estimate of drug-likeness (QED) is 0.747. The van der Waals surface area contributed by atoms with Gasteiger partial charge in [0, 0.05) is 36.6 Å². The molecule has 0 radical (unpaired) electrons. The Morgan fingerprint density at radius 3 is 1.76 bits per heavy atom. The van der Waals surface area contributed by atoms with E-state index in [-0.39, 0.29) is 0 Å². The molecule has 5 heteroatoms. The zero-order valence-electron chi connectivity index (χ0n) is 11.9. The van der Waals surface area contributed by atoms with Gasteiger partial charge in [0.25, 0.3) is 0 Å². The molecule has 0 unspecified atom stereocenters. The largest absolute Gasteiger partial charge is 0.416 e. The van der Waals surface area contributed by atoms with Crippen molar-refractivity contribution in [2.75, 3.05) is 24.7 Å². The Kier molecular flexibility index (Phi) is 3.31. The lowest BCUT2D eigenvalue weighted by Gasteiger charge is -2.11. The summed E-state index contributed by atoms with van der Waals surface area (Å²) in [6.45, 7) is 0. The van der Waals surface area contributed by atoms with E-state index in [1.807, 2.05) is 67.5 Å². The van der Waals surface area contributed by atoms with Gasteiger partial charge in [0.15, 0.2) is 0 Å². The molecule has 0 amide bonds. The Bertz CT molecular complexity index is 730. The highest BCUT2D eigenvalue weighted by Crippen LogP contribution is 2.25. The Labute approximate surface area is 123 Å². The van der Waals surface area contributed by atoms with Crippen LogP contribution in [0.25, 0.3) is 22.9 Å². The van der Waals surface area contributed by atoms with E-state index in [0.717, 1.165) is 16.8 Å². The van der Waals surface area contributed by atoms with Gasteiger partial charge in [-0.05, 0) is 48.5 Å². The normalized spacial score (nSPS) is 10.6. The summed E-state index contributed by atoms with van der Waals surface area (Å²) in [5, 5.41) is 8.18. The van der Waals surface area contributed by atoms with Gasteiger partial charge >= 0.3 is 0 Å². The summed E-state index contributed by atoms with van der Waals surface area (Å²) in [4.78, 5) is 2.04. The minimum atomic E-state index is 0.488. The number of aromatic nitrogens is 2. The van der Waals surface area contributed by atoms with Gasteiger partial charge in [-0.2, -0.15) is 0 Å². The summed E-state index contributed by atoms with van der Waals surface area (Å²) >= 11 is 0. The SMILES string of the molecule is CN(C)c1ccc(-c2nnc(-c3ccc(N)cc3)o2)cc1. The topological polar surface area (TPSA) is 68.2 Å². The van der Waals surface area contributed by atoms with Crippen molar-refractivity contribution in [2.24, 2.45) is 0 Å². The zero-order valence-corrected chi connectivity index (χ0v) is 11.9. The third kappa shape index (κ3) is 2.72. The highest BCUT2D eigenvalue weighted by atomic mass is 16.4. The molecular weight excluding hydrogens is 264 g/mol. The van der Waals surface area contributed by atoms with Crippen molar-refractivity contribution < 1.29 is 4.42 Å². The van der Waals surface area contributed by atoms with Gasteiger partial charge in [-0.15, -0.1) is 10.2 Å². The molecule has 1 heterocycles. The van der Waals surface area contributed by atoms with Crippen molar-refractivity contribution in [2.45, 2.75) is 0 Å². The van der Waals surface area contributed by atoms with Crippen LogP contribution < -0.4 is 10.6 Å². The Hall–Kier alpha value is -2.82. The molecule has 0 saturated heterocycles. The first-order valence-corrected chi connectivity index (χ1v) is 6.60. The predicted octanol–water partition coefficient (Wildman–Crippen LogP) is 3.05. The lowest BCUT2D eigenvalue weighted by atomic mass is 10.2. The summed E-state index contributed by atoms with van der Waals surface area (Å²) in [6, 6.07) is 15.3. The van der Waals surface area contributed by atoms with E-state index in [9.17, 15) is 0 Å². The Morgan fingerprint density at radius 1 is 0.810 bits per heavy atom. The van der Waals surface area contributed by atoms with Gasteiger partial charge in [0.2, 0.25) is 11.8 Å². The monoisotopic (exact) mass is 280 g/mol. The molecule has 0 atom stereocenters. The van der Waals surface area contributed by atoms with Crippen molar-refractivity contribution in [3.63, 3.8) is 0 Å². The molecule has 3 rings (SSSR count). The number of benzene rings is 2. The van der Waals surface area contributed by atoms with Crippen molar-refractivity contribution >= 4 is 11.4 Å². The maximum Gasteiger partial charge on any atom is 0.248 e. The highest BCUT2D eigenvalue weighted by Gasteiger charge is 2.10. The molecule has 0 spiro atoms. The van der Waals surface area contributed by atoms with Crippen LogP contribution >= 0.6 is 0 Å². The molecule has 0 aliphatic heterocycles. The molecule has 0 aliphatic rings. The molecule has 3 aromatic rings. The number of rotatable bonds is 3. The summed E-state index contributed by atoms with van der Waals surface area (Å²) in [6.07, 6.45) is 0. The lowest BCUT2D eigenvalue weighted by molar-refractivity contribution is 0.584. The summed E-state index contributed by atoms with van der Waals surface area (Å²) in [5.41, 5.74) is 9.25. The Balaban J connectivity index is 1.89. The fourth-order valence-electron chi connectivity index (χ4n) is 1.98. The molecular formula is C16H16N4O. The van der Waals surface area contributed by atoms with Crippen LogP contribution in [0.1, 0.15) is 0 Å². The molecule has 0 fully saturated rings. The van der Waals surface area contributed by atoms with E-state index >= 15 is 0 Å². The van der Waals surface area contributed by atoms with Crippen LogP contribution in [0.3, 0.4) is 0 Å². The van der Waals surface area contributed by atoms with Crippen molar-refractivity contribution in [3.05, 3.63) is 48.5 Å². The molecule has 0 saturated carbocycles. The van der Waals surface area contributed by atoms with Crippen LogP contribution in [-0.4, -0.2) is 24.3 Å². The van der Waals surface area contributed by atoms with Crippen LogP contribution in [0.15, 0.2) is 52.9 Å². The number of anilines is 2. The first kappa shape index (κ1) is 13.2. The minimum Gasteiger partial charge on any atom is -0.416 e. The van der Waals surface area contributed by atoms with Gasteiger partial charge < -0.3 is 15.1 Å². The van der Waals surface area contributed by atoms with Crippen LogP contribution in [0.5, 0.6) is 0 Å². The lowest BCUT2D eigenvalue weighted by Crippen LogP contribution is -2.07. The van der Waals surface area contributed by atoms with E-state index in [4.69, 9.17) is 10.2 Å². The van der Waals surface area contributed by atoms with Crippen molar-refractivity contribution in [1.82, 2.24) is 10.2 Å². The number of hydrogen-bond acceptors (Lipinski definition) is 5. The number of nitrogens with two attached hydrogens (primary N) is 1. The maximum atomic E-state index is 5.72. The van der Waals surface area contributed by atoms with E-state index in [0.29, 0.717) is 17.5 Å². The number of nitrogen functional groups attached to an aromatic ring is 1. The van der Waals surface area contributed by atoms with E-state index in [1.54, 1.807) is 0 Å². The van der Waals surface area contributed by atoms with Gasteiger partial charge in [-0.1, -0.05) is 0 Å². The molecule has 0 aliphatic carbocycles. The summed E-state index contributed by atoms with van der Waals surface area (Å²) < 4.78 is 5.72. The summed E-state index contributed by atoms with van der Waals surface area (Å²) in [5.74, 6) is 0.994. The first-order chi connectivity index (χ1) is 10.1. The standard InChI is InChI=1S/C16H16N4O/c1-20(2)14-9-5-12(6-10-14)16-19-18-15(21-16)11-3-7-13(17)8-4-11/h3-10H,17H2,1-2H3. The molecule has 2 aromatic carbocycles. The third-order valence-corrected chi connectivity index (χ3v) is 3.21. The number of hydrogen-bond donors (Lipinski definition) is 1. The van der Waals surface area contributed by atoms with Gasteiger partial charge in [0.05, 0.1) is 0 Å². The van der Waals surface area contributed by atoms with Crippen molar-refractivity contribution in [3.8, 4) is 22.9 Å². The molecule has 21 heavy (non-hydrogen) atoms. The third-order valence-electron chi connectivity index (χ3n) is 3.21. The first-order valence-electron chi connectivity index (χ1n) is 6.60. The zero-order chi connectivity index (χ0) is 14.8. The van der Waals surface area contributed by atoms with E-state index in [1.165, 1.54) is 0 Å². The predicted molar refractivity (Wildman–Crippen MR) is 83.9 cm³/mol. The molecule has 0 bridgehead atoms. The van der Waals surface area contributed by atoms with Crippen LogP contribution in [0.4, 0.5) is 11.4 Å². The van der Waals surface area contributed by atoms with Crippen LogP contribution in [0.2, 0.25) is 0 Å². The van der Waals surface area contributed by atoms with Crippen LogP contribution in [-0.2, 0) is 0 Å². The second-order valence-corrected chi connectivity index (χ2v) is 4.98. The molecule has 1 aromatic heterocycles. The van der Waals surface area contributed by atoms with Gasteiger partial charge in [-0.25, -0.2) is 0 Å². The maximum absolute atomic E-state index is 5.72.